The van der Waals surface area contributed by atoms with Gasteiger partial charge in [0, 0.05) is 43.2 Å². The van der Waals surface area contributed by atoms with E-state index in [-0.39, 0.29) is 5.91 Å². The van der Waals surface area contributed by atoms with Crippen LogP contribution >= 0.6 is 11.6 Å². The number of rotatable bonds is 5. The van der Waals surface area contributed by atoms with Gasteiger partial charge in [0.1, 0.15) is 0 Å². The zero-order valence-electron chi connectivity index (χ0n) is 16.5. The summed E-state index contributed by atoms with van der Waals surface area (Å²) in [6, 6.07) is 7.61. The molecule has 0 fully saturated rings. The van der Waals surface area contributed by atoms with Crippen LogP contribution in [0.25, 0.3) is 11.0 Å². The average molecular weight is 385 g/mol. The van der Waals surface area contributed by atoms with Gasteiger partial charge >= 0.3 is 0 Å². The summed E-state index contributed by atoms with van der Waals surface area (Å²) in [6.45, 7) is 6.65. The molecule has 0 unspecified atom stereocenters. The first-order valence-corrected chi connectivity index (χ1v) is 9.43. The summed E-state index contributed by atoms with van der Waals surface area (Å²) in [5.41, 5.74) is 6.18. The van der Waals surface area contributed by atoms with Crippen LogP contribution in [0.1, 0.15) is 34.5 Å². The molecule has 1 amide bonds. The van der Waals surface area contributed by atoms with Crippen molar-refractivity contribution < 1.29 is 4.79 Å². The molecule has 6 heteroatoms. The Morgan fingerprint density at radius 2 is 1.96 bits per heavy atom. The molecule has 0 saturated heterocycles. The Bertz CT molecular complexity index is 1010. The Hall–Kier alpha value is -2.40. The standard InChI is InChI=1S/C21H25ClN4O/c1-13-18(14(2)23-21-20(13)15(3)24-26(21)5)9-10-19(27)25(4)12-16-7-6-8-17(22)11-16/h6-8,11H,9-10,12H2,1-5H3. The first-order valence-electron chi connectivity index (χ1n) is 9.05. The van der Waals surface area contributed by atoms with Crippen LogP contribution in [-0.2, 0) is 24.8 Å². The van der Waals surface area contributed by atoms with E-state index in [4.69, 9.17) is 16.6 Å². The van der Waals surface area contributed by atoms with Crippen molar-refractivity contribution in [2.24, 2.45) is 7.05 Å². The van der Waals surface area contributed by atoms with Gasteiger partial charge in [-0.05, 0) is 56.0 Å². The maximum absolute atomic E-state index is 12.6. The Morgan fingerprint density at radius 3 is 2.67 bits per heavy atom. The van der Waals surface area contributed by atoms with E-state index in [0.29, 0.717) is 24.4 Å². The highest BCUT2D eigenvalue weighted by Gasteiger charge is 2.17. The average Bonchev–Trinajstić information content (AvgIpc) is 2.88. The van der Waals surface area contributed by atoms with Gasteiger partial charge in [-0.25, -0.2) is 4.98 Å². The molecule has 3 aromatic rings. The van der Waals surface area contributed by atoms with Gasteiger partial charge in [0.05, 0.1) is 5.69 Å². The second-order valence-electron chi connectivity index (χ2n) is 7.09. The highest BCUT2D eigenvalue weighted by Crippen LogP contribution is 2.26. The van der Waals surface area contributed by atoms with Crippen molar-refractivity contribution in [2.75, 3.05) is 7.05 Å². The van der Waals surface area contributed by atoms with E-state index < -0.39 is 0 Å². The Morgan fingerprint density at radius 1 is 1.22 bits per heavy atom. The number of nitrogens with zero attached hydrogens (tertiary/aromatic N) is 4. The lowest BCUT2D eigenvalue weighted by molar-refractivity contribution is -0.130. The molecule has 27 heavy (non-hydrogen) atoms. The molecule has 0 saturated carbocycles. The Labute approximate surface area is 165 Å². The van der Waals surface area contributed by atoms with Crippen LogP contribution in [0.2, 0.25) is 5.02 Å². The van der Waals surface area contributed by atoms with E-state index in [9.17, 15) is 4.79 Å². The molecule has 3 rings (SSSR count). The fourth-order valence-corrected chi connectivity index (χ4v) is 3.86. The molecule has 0 aliphatic heterocycles. The van der Waals surface area contributed by atoms with Crippen molar-refractivity contribution in [3.05, 3.63) is 57.4 Å². The van der Waals surface area contributed by atoms with E-state index in [1.165, 1.54) is 5.56 Å². The fraction of sp³-hybridized carbons (Fsp3) is 0.381. The van der Waals surface area contributed by atoms with Gasteiger partial charge in [0.25, 0.3) is 0 Å². The molecule has 0 aliphatic carbocycles. The molecule has 5 nitrogen and oxygen atoms in total. The third kappa shape index (κ3) is 3.98. The molecule has 0 N–H and O–H groups in total. The number of benzene rings is 1. The van der Waals surface area contributed by atoms with Crippen molar-refractivity contribution in [1.29, 1.82) is 0 Å². The monoisotopic (exact) mass is 384 g/mol. The van der Waals surface area contributed by atoms with Gasteiger partial charge in [-0.2, -0.15) is 5.10 Å². The molecule has 142 valence electrons. The molecule has 2 heterocycles. The Kier molecular flexibility index (Phi) is 5.51. The zero-order valence-corrected chi connectivity index (χ0v) is 17.3. The highest BCUT2D eigenvalue weighted by molar-refractivity contribution is 6.30. The van der Waals surface area contributed by atoms with Crippen LogP contribution in [0, 0.1) is 20.8 Å². The van der Waals surface area contributed by atoms with Gasteiger partial charge in [-0.3, -0.25) is 9.48 Å². The lowest BCUT2D eigenvalue weighted by atomic mass is 9.99. The number of carbonyl (C=O) groups is 1. The molecule has 0 aliphatic rings. The quantitative estimate of drug-likeness (QED) is 0.664. The molecular weight excluding hydrogens is 360 g/mol. The number of hydrogen-bond donors (Lipinski definition) is 0. The molecule has 0 bridgehead atoms. The number of amides is 1. The van der Waals surface area contributed by atoms with Crippen LogP contribution in [0.4, 0.5) is 0 Å². The lowest BCUT2D eigenvalue weighted by Crippen LogP contribution is -2.26. The van der Waals surface area contributed by atoms with Crippen LogP contribution < -0.4 is 0 Å². The smallest absolute Gasteiger partial charge is 0.222 e. The minimum absolute atomic E-state index is 0.108. The molecule has 2 aromatic heterocycles. The first-order chi connectivity index (χ1) is 12.8. The number of aromatic nitrogens is 3. The lowest BCUT2D eigenvalue weighted by Gasteiger charge is -2.18. The van der Waals surface area contributed by atoms with Crippen molar-refractivity contribution >= 4 is 28.5 Å². The van der Waals surface area contributed by atoms with Crippen LogP contribution in [0.15, 0.2) is 24.3 Å². The van der Waals surface area contributed by atoms with Gasteiger partial charge in [-0.1, -0.05) is 23.7 Å². The van der Waals surface area contributed by atoms with Gasteiger partial charge in [0.15, 0.2) is 5.65 Å². The summed E-state index contributed by atoms with van der Waals surface area (Å²) in [5.74, 6) is 0.108. The number of pyridine rings is 1. The van der Waals surface area contributed by atoms with Crippen molar-refractivity contribution in [3.8, 4) is 0 Å². The summed E-state index contributed by atoms with van der Waals surface area (Å²) in [4.78, 5) is 19.1. The van der Waals surface area contributed by atoms with Crippen LogP contribution in [0.5, 0.6) is 0 Å². The number of fused-ring (bicyclic) bond motifs is 1. The number of halogens is 1. The molecule has 0 spiro atoms. The number of carbonyl (C=O) groups excluding carboxylic acids is 1. The summed E-state index contributed by atoms with van der Waals surface area (Å²) in [5, 5.41) is 6.26. The summed E-state index contributed by atoms with van der Waals surface area (Å²) < 4.78 is 1.82. The third-order valence-corrected chi connectivity index (χ3v) is 5.29. The van der Waals surface area contributed by atoms with Crippen LogP contribution in [0.3, 0.4) is 0 Å². The molecule has 1 aromatic carbocycles. The second kappa shape index (κ2) is 7.69. The normalized spacial score (nSPS) is 11.2. The van der Waals surface area contributed by atoms with E-state index in [2.05, 4.69) is 12.0 Å². The zero-order chi connectivity index (χ0) is 19.7. The minimum atomic E-state index is 0.108. The first kappa shape index (κ1) is 19.4. The van der Waals surface area contributed by atoms with E-state index in [1.807, 2.05) is 56.9 Å². The van der Waals surface area contributed by atoms with Crippen molar-refractivity contribution in [2.45, 2.75) is 40.2 Å². The molecule has 0 atom stereocenters. The van der Waals surface area contributed by atoms with Crippen molar-refractivity contribution in [1.82, 2.24) is 19.7 Å². The predicted molar refractivity (Wildman–Crippen MR) is 109 cm³/mol. The molecule has 0 radical (unpaired) electrons. The second-order valence-corrected chi connectivity index (χ2v) is 7.52. The fourth-order valence-electron chi connectivity index (χ4n) is 3.65. The van der Waals surface area contributed by atoms with E-state index in [0.717, 1.165) is 33.5 Å². The van der Waals surface area contributed by atoms with Gasteiger partial charge in [-0.15, -0.1) is 0 Å². The Balaban J connectivity index is 1.74. The topological polar surface area (TPSA) is 51.0 Å². The maximum Gasteiger partial charge on any atom is 0.222 e. The summed E-state index contributed by atoms with van der Waals surface area (Å²) >= 11 is 6.03. The summed E-state index contributed by atoms with van der Waals surface area (Å²) in [7, 11) is 3.74. The summed E-state index contributed by atoms with van der Waals surface area (Å²) in [6.07, 6.45) is 1.12. The largest absolute Gasteiger partial charge is 0.341 e. The number of aryl methyl sites for hydroxylation is 4. The predicted octanol–water partition coefficient (Wildman–Crippen LogP) is 4.14. The minimum Gasteiger partial charge on any atom is -0.341 e. The van der Waals surface area contributed by atoms with Gasteiger partial charge in [0.2, 0.25) is 5.91 Å². The maximum atomic E-state index is 12.6. The third-order valence-electron chi connectivity index (χ3n) is 5.05. The van der Waals surface area contributed by atoms with Crippen molar-refractivity contribution in [3.63, 3.8) is 0 Å². The number of hydrogen-bond acceptors (Lipinski definition) is 3. The van der Waals surface area contributed by atoms with Gasteiger partial charge < -0.3 is 4.90 Å². The van der Waals surface area contributed by atoms with Crippen LogP contribution in [-0.4, -0.2) is 32.6 Å². The van der Waals surface area contributed by atoms with E-state index in [1.54, 1.807) is 4.90 Å². The van der Waals surface area contributed by atoms with E-state index >= 15 is 0 Å². The SMILES string of the molecule is Cc1nc2c(c(C)nn2C)c(C)c1CCC(=O)N(C)Cc1cccc(Cl)c1. The highest BCUT2D eigenvalue weighted by atomic mass is 35.5. The molecular formula is C21H25ClN4O.